The molecule has 1 aliphatic rings. The summed E-state index contributed by atoms with van der Waals surface area (Å²) in [6.45, 7) is 7.91. The van der Waals surface area contributed by atoms with Gasteiger partial charge in [-0.1, -0.05) is 19.9 Å². The molecule has 1 aromatic carbocycles. The number of nitrogens with zero attached hydrogens (tertiary/aromatic N) is 1. The molecule has 2 nitrogen and oxygen atoms in total. The first kappa shape index (κ1) is 15.4. The lowest BCUT2D eigenvalue weighted by atomic mass is 9.96. The van der Waals surface area contributed by atoms with E-state index in [0.717, 1.165) is 18.9 Å². The minimum absolute atomic E-state index is 0.290. The van der Waals surface area contributed by atoms with E-state index in [2.05, 4.69) is 43.9 Å². The van der Waals surface area contributed by atoms with Crippen molar-refractivity contribution in [2.45, 2.75) is 71.4 Å². The number of nitrogens with two attached hydrogens (primary N) is 1. The van der Waals surface area contributed by atoms with Gasteiger partial charge in [-0.25, -0.2) is 0 Å². The van der Waals surface area contributed by atoms with Crippen molar-refractivity contribution in [1.29, 1.82) is 0 Å². The Balaban J connectivity index is 2.15. The fraction of sp³-hybridized carbons (Fsp3) is 0.667. The van der Waals surface area contributed by atoms with Gasteiger partial charge in [0.05, 0.1) is 0 Å². The molecule has 1 fully saturated rings. The van der Waals surface area contributed by atoms with Gasteiger partial charge in [-0.2, -0.15) is 0 Å². The Kier molecular flexibility index (Phi) is 5.47. The molecule has 0 amide bonds. The number of aryl methyl sites for hydroxylation is 1. The largest absolute Gasteiger partial charge is 0.369 e. The molecule has 0 bridgehead atoms. The lowest BCUT2D eigenvalue weighted by Crippen LogP contribution is -2.39. The van der Waals surface area contributed by atoms with Gasteiger partial charge in [-0.3, -0.25) is 0 Å². The number of rotatable bonds is 5. The Morgan fingerprint density at radius 3 is 2.75 bits per heavy atom. The van der Waals surface area contributed by atoms with Gasteiger partial charge in [-0.05, 0) is 68.7 Å². The van der Waals surface area contributed by atoms with Crippen LogP contribution >= 0.6 is 0 Å². The lowest BCUT2D eigenvalue weighted by molar-refractivity contribution is 0.450. The minimum atomic E-state index is 0.290. The van der Waals surface area contributed by atoms with Gasteiger partial charge in [-0.15, -0.1) is 0 Å². The van der Waals surface area contributed by atoms with Gasteiger partial charge in [0.25, 0.3) is 0 Å². The summed E-state index contributed by atoms with van der Waals surface area (Å²) in [6.07, 6.45) is 7.36. The highest BCUT2D eigenvalue weighted by molar-refractivity contribution is 5.52. The van der Waals surface area contributed by atoms with Crippen LogP contribution in [0.4, 0.5) is 5.69 Å². The Labute approximate surface area is 124 Å². The second-order valence-electron chi connectivity index (χ2n) is 6.23. The summed E-state index contributed by atoms with van der Waals surface area (Å²) < 4.78 is 0. The highest BCUT2D eigenvalue weighted by Gasteiger charge is 2.21. The molecule has 112 valence electrons. The SMILES string of the molecule is CCC(N)Cc1ccc(N2CCCCC2CC)cc1C. The van der Waals surface area contributed by atoms with Crippen molar-refractivity contribution < 1.29 is 0 Å². The third-order valence-corrected chi connectivity index (χ3v) is 4.76. The first-order chi connectivity index (χ1) is 9.65. The van der Waals surface area contributed by atoms with E-state index in [9.17, 15) is 0 Å². The molecule has 0 aromatic heterocycles. The van der Waals surface area contributed by atoms with E-state index in [1.807, 2.05) is 0 Å². The van der Waals surface area contributed by atoms with Crippen LogP contribution < -0.4 is 10.6 Å². The third kappa shape index (κ3) is 3.54. The average molecular weight is 274 g/mol. The third-order valence-electron chi connectivity index (χ3n) is 4.76. The fourth-order valence-electron chi connectivity index (χ4n) is 3.28. The van der Waals surface area contributed by atoms with Crippen molar-refractivity contribution in [1.82, 2.24) is 0 Å². The summed E-state index contributed by atoms with van der Waals surface area (Å²) in [5, 5.41) is 0. The van der Waals surface area contributed by atoms with Crippen molar-refractivity contribution in [2.24, 2.45) is 5.73 Å². The molecular formula is C18H30N2. The molecule has 20 heavy (non-hydrogen) atoms. The molecule has 2 N–H and O–H groups in total. The van der Waals surface area contributed by atoms with Crippen molar-refractivity contribution in [3.05, 3.63) is 29.3 Å². The first-order valence-corrected chi connectivity index (χ1v) is 8.27. The maximum Gasteiger partial charge on any atom is 0.0371 e. The normalized spacial score (nSPS) is 21.0. The van der Waals surface area contributed by atoms with Crippen LogP contribution in [0.1, 0.15) is 57.1 Å². The molecule has 0 aliphatic carbocycles. The molecule has 2 rings (SSSR count). The molecule has 2 atom stereocenters. The zero-order chi connectivity index (χ0) is 14.5. The summed E-state index contributed by atoms with van der Waals surface area (Å²) in [5.74, 6) is 0. The molecule has 0 spiro atoms. The second kappa shape index (κ2) is 7.12. The van der Waals surface area contributed by atoms with Crippen LogP contribution in [0.2, 0.25) is 0 Å². The van der Waals surface area contributed by atoms with Gasteiger partial charge in [0, 0.05) is 24.3 Å². The monoisotopic (exact) mass is 274 g/mol. The fourth-order valence-corrected chi connectivity index (χ4v) is 3.28. The van der Waals surface area contributed by atoms with Crippen molar-refractivity contribution in [3.8, 4) is 0 Å². The van der Waals surface area contributed by atoms with Crippen LogP contribution in [0.25, 0.3) is 0 Å². The van der Waals surface area contributed by atoms with Crippen molar-refractivity contribution in [2.75, 3.05) is 11.4 Å². The van der Waals surface area contributed by atoms with E-state index in [4.69, 9.17) is 5.73 Å². The van der Waals surface area contributed by atoms with Gasteiger partial charge in [0.15, 0.2) is 0 Å². The van der Waals surface area contributed by atoms with Crippen LogP contribution in [-0.2, 0) is 6.42 Å². The Morgan fingerprint density at radius 1 is 1.30 bits per heavy atom. The molecule has 0 saturated carbocycles. The van der Waals surface area contributed by atoms with Crippen LogP contribution in [0.3, 0.4) is 0 Å². The number of piperidine rings is 1. The predicted octanol–water partition coefficient (Wildman–Crippen LogP) is 4.04. The Hall–Kier alpha value is -1.02. The summed E-state index contributed by atoms with van der Waals surface area (Å²) in [6, 6.07) is 7.98. The standard InChI is InChI=1S/C18H30N2/c1-4-16(19)13-15-9-10-18(12-14(15)3)20-11-7-6-8-17(20)5-2/h9-10,12,16-17H,4-8,11,13,19H2,1-3H3. The summed E-state index contributed by atoms with van der Waals surface area (Å²) >= 11 is 0. The predicted molar refractivity (Wildman–Crippen MR) is 88.4 cm³/mol. The number of anilines is 1. The van der Waals surface area contributed by atoms with E-state index in [-0.39, 0.29) is 6.04 Å². The molecule has 1 heterocycles. The first-order valence-electron chi connectivity index (χ1n) is 8.27. The van der Waals surface area contributed by atoms with E-state index in [0.29, 0.717) is 0 Å². The quantitative estimate of drug-likeness (QED) is 0.878. The highest BCUT2D eigenvalue weighted by atomic mass is 15.2. The van der Waals surface area contributed by atoms with E-state index in [1.165, 1.54) is 49.0 Å². The smallest absolute Gasteiger partial charge is 0.0371 e. The molecular weight excluding hydrogens is 244 g/mol. The number of hydrogen-bond acceptors (Lipinski definition) is 2. The Bertz CT molecular complexity index is 427. The molecule has 2 unspecified atom stereocenters. The van der Waals surface area contributed by atoms with Gasteiger partial charge in [0.2, 0.25) is 0 Å². The van der Waals surface area contributed by atoms with Gasteiger partial charge >= 0.3 is 0 Å². The minimum Gasteiger partial charge on any atom is -0.369 e. The van der Waals surface area contributed by atoms with E-state index >= 15 is 0 Å². The highest BCUT2D eigenvalue weighted by Crippen LogP contribution is 2.28. The van der Waals surface area contributed by atoms with Crippen molar-refractivity contribution in [3.63, 3.8) is 0 Å². The topological polar surface area (TPSA) is 29.3 Å². The van der Waals surface area contributed by atoms with Gasteiger partial charge < -0.3 is 10.6 Å². The maximum absolute atomic E-state index is 6.09. The van der Waals surface area contributed by atoms with Crippen LogP contribution in [0.5, 0.6) is 0 Å². The molecule has 1 aliphatic heterocycles. The van der Waals surface area contributed by atoms with E-state index < -0.39 is 0 Å². The zero-order valence-electron chi connectivity index (χ0n) is 13.4. The number of benzene rings is 1. The summed E-state index contributed by atoms with van der Waals surface area (Å²) in [7, 11) is 0. The zero-order valence-corrected chi connectivity index (χ0v) is 13.4. The lowest BCUT2D eigenvalue weighted by Gasteiger charge is -2.37. The van der Waals surface area contributed by atoms with Gasteiger partial charge in [0.1, 0.15) is 0 Å². The molecule has 1 saturated heterocycles. The molecule has 1 aromatic rings. The van der Waals surface area contributed by atoms with Crippen molar-refractivity contribution >= 4 is 5.69 Å². The molecule has 2 heteroatoms. The Morgan fingerprint density at radius 2 is 2.10 bits per heavy atom. The maximum atomic E-state index is 6.09. The van der Waals surface area contributed by atoms with Crippen LogP contribution in [0, 0.1) is 6.92 Å². The van der Waals surface area contributed by atoms with E-state index in [1.54, 1.807) is 0 Å². The van der Waals surface area contributed by atoms with Crippen LogP contribution in [0.15, 0.2) is 18.2 Å². The second-order valence-corrected chi connectivity index (χ2v) is 6.23. The molecule has 0 radical (unpaired) electrons. The summed E-state index contributed by atoms with van der Waals surface area (Å²) in [4.78, 5) is 2.61. The average Bonchev–Trinajstić information content (AvgIpc) is 2.49. The summed E-state index contributed by atoms with van der Waals surface area (Å²) in [5.41, 5.74) is 10.3. The number of hydrogen-bond donors (Lipinski definition) is 1. The van der Waals surface area contributed by atoms with Crippen LogP contribution in [-0.4, -0.2) is 18.6 Å².